The minimum absolute atomic E-state index is 0.335. The van der Waals surface area contributed by atoms with Gasteiger partial charge in [0.05, 0.1) is 5.41 Å². The summed E-state index contributed by atoms with van der Waals surface area (Å²) in [6.45, 7) is 2.57. The summed E-state index contributed by atoms with van der Waals surface area (Å²) in [5.41, 5.74) is -5.83. The molecule has 3 fully saturated rings. The number of aliphatic hydroxyl groups excluding tert-OH is 1. The fourth-order valence-electron chi connectivity index (χ4n) is 3.21. The van der Waals surface area contributed by atoms with Crippen LogP contribution in [0.25, 0.3) is 0 Å². The van der Waals surface area contributed by atoms with Crippen LogP contribution in [0.3, 0.4) is 0 Å². The molecule has 2 aliphatic heterocycles. The lowest BCUT2D eigenvalue weighted by atomic mass is 9.80. The fourth-order valence-corrected chi connectivity index (χ4v) is 3.21. The molecule has 1 saturated carbocycles. The van der Waals surface area contributed by atoms with Gasteiger partial charge in [-0.15, -0.1) is 0 Å². The molecule has 2 heterocycles. The van der Waals surface area contributed by atoms with Crippen molar-refractivity contribution in [3.63, 3.8) is 0 Å². The van der Waals surface area contributed by atoms with Gasteiger partial charge in [-0.25, -0.2) is 4.79 Å². The van der Waals surface area contributed by atoms with Crippen molar-refractivity contribution < 1.29 is 34.7 Å². The first-order chi connectivity index (χ1) is 7.64. The fraction of sp³-hybridized carbons (Fsp3) is 0.900. The monoisotopic (exact) mass is 246 g/mol. The summed E-state index contributed by atoms with van der Waals surface area (Å²) in [6.07, 6.45) is -2.67. The molecule has 3 rings (SSSR count). The van der Waals surface area contributed by atoms with E-state index in [0.29, 0.717) is 0 Å². The van der Waals surface area contributed by atoms with Gasteiger partial charge in [-0.2, -0.15) is 0 Å². The van der Waals surface area contributed by atoms with E-state index in [1.54, 1.807) is 0 Å². The van der Waals surface area contributed by atoms with Crippen LogP contribution in [0.4, 0.5) is 0 Å². The van der Waals surface area contributed by atoms with Gasteiger partial charge in [-0.3, -0.25) is 0 Å². The molecular formula is C10H14O7. The van der Waals surface area contributed by atoms with E-state index < -0.39 is 40.6 Å². The third kappa shape index (κ3) is 0.765. The van der Waals surface area contributed by atoms with E-state index in [0.717, 1.165) is 0 Å². The first-order valence-corrected chi connectivity index (χ1v) is 5.35. The number of esters is 1. The summed E-state index contributed by atoms with van der Waals surface area (Å²) in [5, 5.41) is 40.5. The number of rotatable bonds is 0. The Labute approximate surface area is 96.6 Å². The van der Waals surface area contributed by atoms with Gasteiger partial charge in [-0.1, -0.05) is 13.8 Å². The number of hydrogen-bond donors (Lipinski definition) is 4. The molecule has 17 heavy (non-hydrogen) atoms. The SMILES string of the molecule is CC1(C)[C@]2(O)[C@@]3(O)C(=O)OC[C@H](O)[C@@H]3O[C@]12O. The number of hydrogen-bond acceptors (Lipinski definition) is 7. The maximum absolute atomic E-state index is 11.7. The van der Waals surface area contributed by atoms with Crippen LogP contribution in [0, 0.1) is 5.41 Å². The Kier molecular flexibility index (Phi) is 1.67. The molecule has 0 unspecified atom stereocenters. The Hall–Kier alpha value is -0.730. The van der Waals surface area contributed by atoms with Gasteiger partial charge < -0.3 is 29.9 Å². The highest BCUT2D eigenvalue weighted by Crippen LogP contribution is 2.75. The minimum Gasteiger partial charge on any atom is -0.461 e. The van der Waals surface area contributed by atoms with Crippen LogP contribution in [0.15, 0.2) is 0 Å². The molecule has 0 radical (unpaired) electrons. The van der Waals surface area contributed by atoms with Crippen LogP contribution in [-0.4, -0.2) is 62.2 Å². The summed E-state index contributed by atoms with van der Waals surface area (Å²) in [6, 6.07) is 0. The van der Waals surface area contributed by atoms with Crippen LogP contribution < -0.4 is 0 Å². The molecule has 3 aliphatic rings. The van der Waals surface area contributed by atoms with E-state index in [2.05, 4.69) is 4.74 Å². The predicted octanol–water partition coefficient (Wildman–Crippen LogP) is -2.51. The van der Waals surface area contributed by atoms with E-state index >= 15 is 0 Å². The van der Waals surface area contributed by atoms with Crippen LogP contribution >= 0.6 is 0 Å². The van der Waals surface area contributed by atoms with E-state index in [-0.39, 0.29) is 6.61 Å². The third-order valence-electron chi connectivity index (χ3n) is 4.49. The van der Waals surface area contributed by atoms with Crippen LogP contribution in [0.2, 0.25) is 0 Å². The number of fused-ring (bicyclic) bond motifs is 3. The molecule has 0 aromatic carbocycles. The third-order valence-corrected chi connectivity index (χ3v) is 4.49. The average Bonchev–Trinajstić information content (AvgIpc) is 2.50. The molecule has 4 N–H and O–H groups in total. The maximum Gasteiger partial charge on any atom is 0.344 e. The van der Waals surface area contributed by atoms with Crippen molar-refractivity contribution in [3.8, 4) is 0 Å². The first kappa shape index (κ1) is 11.4. The van der Waals surface area contributed by atoms with Gasteiger partial charge in [0.2, 0.25) is 11.4 Å². The highest BCUT2D eigenvalue weighted by molar-refractivity contribution is 5.86. The molecule has 1 aliphatic carbocycles. The Morgan fingerprint density at radius 1 is 1.29 bits per heavy atom. The van der Waals surface area contributed by atoms with Crippen molar-refractivity contribution in [1.29, 1.82) is 0 Å². The predicted molar refractivity (Wildman–Crippen MR) is 50.5 cm³/mol. The second-order valence-corrected chi connectivity index (χ2v) is 5.45. The average molecular weight is 246 g/mol. The molecule has 2 saturated heterocycles. The smallest absolute Gasteiger partial charge is 0.344 e. The van der Waals surface area contributed by atoms with Crippen molar-refractivity contribution in [1.82, 2.24) is 0 Å². The van der Waals surface area contributed by atoms with E-state index in [9.17, 15) is 25.2 Å². The molecule has 0 bridgehead atoms. The molecule has 96 valence electrons. The van der Waals surface area contributed by atoms with E-state index in [1.807, 2.05) is 0 Å². The van der Waals surface area contributed by atoms with Crippen LogP contribution in [0.1, 0.15) is 13.8 Å². The van der Waals surface area contributed by atoms with Gasteiger partial charge in [0.25, 0.3) is 0 Å². The number of ether oxygens (including phenoxy) is 2. The summed E-state index contributed by atoms with van der Waals surface area (Å²) >= 11 is 0. The normalized spacial score (nSPS) is 59.3. The summed E-state index contributed by atoms with van der Waals surface area (Å²) < 4.78 is 9.75. The quantitative estimate of drug-likeness (QED) is 0.349. The summed E-state index contributed by atoms with van der Waals surface area (Å²) in [4.78, 5) is 11.7. The molecule has 0 amide bonds. The molecule has 7 nitrogen and oxygen atoms in total. The van der Waals surface area contributed by atoms with Crippen molar-refractivity contribution >= 4 is 5.97 Å². The zero-order valence-electron chi connectivity index (χ0n) is 9.38. The van der Waals surface area contributed by atoms with Gasteiger partial charge in [0.15, 0.2) is 5.60 Å². The Morgan fingerprint density at radius 2 is 1.88 bits per heavy atom. The minimum atomic E-state index is -2.44. The summed E-state index contributed by atoms with van der Waals surface area (Å²) in [7, 11) is 0. The second-order valence-electron chi connectivity index (χ2n) is 5.45. The molecule has 0 aromatic rings. The lowest BCUT2D eigenvalue weighted by molar-refractivity contribution is -0.245. The number of carbonyl (C=O) groups is 1. The van der Waals surface area contributed by atoms with Gasteiger partial charge in [-0.05, 0) is 0 Å². The van der Waals surface area contributed by atoms with Crippen LogP contribution in [0.5, 0.6) is 0 Å². The highest BCUT2D eigenvalue weighted by Gasteiger charge is 2.99. The second kappa shape index (κ2) is 2.50. The lowest BCUT2D eigenvalue weighted by Crippen LogP contribution is -2.67. The van der Waals surface area contributed by atoms with E-state index in [1.165, 1.54) is 13.8 Å². The highest BCUT2D eigenvalue weighted by atomic mass is 16.7. The van der Waals surface area contributed by atoms with Gasteiger partial charge in [0, 0.05) is 0 Å². The largest absolute Gasteiger partial charge is 0.461 e. The van der Waals surface area contributed by atoms with E-state index in [4.69, 9.17) is 4.74 Å². The number of carbonyl (C=O) groups excluding carboxylic acids is 1. The topological polar surface area (TPSA) is 116 Å². The van der Waals surface area contributed by atoms with Crippen molar-refractivity contribution in [2.75, 3.05) is 6.61 Å². The molecule has 7 heteroatoms. The molecule has 5 atom stereocenters. The zero-order valence-corrected chi connectivity index (χ0v) is 9.38. The lowest BCUT2D eigenvalue weighted by Gasteiger charge is -2.40. The standard InChI is InChI=1S/C10H14O7/c1-7(2)9(14)8(13)5(17-10(7,9)15)4(11)3-16-6(8)12/h4-5,11,13-15H,3H2,1-2H3/t4-,5-,8-,9-,10+/m0/s1. The van der Waals surface area contributed by atoms with Crippen LogP contribution in [-0.2, 0) is 14.3 Å². The number of cyclic esters (lactones) is 1. The molecular weight excluding hydrogens is 232 g/mol. The first-order valence-electron chi connectivity index (χ1n) is 5.35. The molecule has 0 spiro atoms. The van der Waals surface area contributed by atoms with Gasteiger partial charge in [0.1, 0.15) is 18.8 Å². The molecule has 0 aromatic heterocycles. The maximum atomic E-state index is 11.7. The Balaban J connectivity index is 2.15. The number of aliphatic hydroxyl groups is 4. The summed E-state index contributed by atoms with van der Waals surface area (Å²) in [5.74, 6) is -3.14. The van der Waals surface area contributed by atoms with Crippen molar-refractivity contribution in [3.05, 3.63) is 0 Å². The zero-order chi connectivity index (χ0) is 12.9. The van der Waals surface area contributed by atoms with Gasteiger partial charge >= 0.3 is 5.97 Å². The van der Waals surface area contributed by atoms with Crippen molar-refractivity contribution in [2.24, 2.45) is 5.41 Å². The Morgan fingerprint density at radius 3 is 2.47 bits per heavy atom. The van der Waals surface area contributed by atoms with Crippen molar-refractivity contribution in [2.45, 2.75) is 43.0 Å². The Bertz CT molecular complexity index is 421.